The highest BCUT2D eigenvalue weighted by atomic mass is 16.7. The second kappa shape index (κ2) is 5.17. The van der Waals surface area contributed by atoms with E-state index >= 15 is 0 Å². The van der Waals surface area contributed by atoms with Gasteiger partial charge in [0.05, 0.1) is 12.0 Å². The van der Waals surface area contributed by atoms with Crippen LogP contribution < -0.4 is 20.5 Å². The van der Waals surface area contributed by atoms with Gasteiger partial charge in [0, 0.05) is 6.04 Å². The zero-order valence-electron chi connectivity index (χ0n) is 11.3. The van der Waals surface area contributed by atoms with E-state index in [0.717, 1.165) is 17.1 Å². The maximum absolute atomic E-state index is 12.1. The number of ether oxygens (including phenoxy) is 2. The van der Waals surface area contributed by atoms with Crippen molar-refractivity contribution in [2.75, 3.05) is 6.79 Å². The first-order chi connectivity index (χ1) is 9.63. The first kappa shape index (κ1) is 13.0. The van der Waals surface area contributed by atoms with Gasteiger partial charge in [-0.05, 0) is 31.0 Å². The lowest BCUT2D eigenvalue weighted by Gasteiger charge is -2.17. The summed E-state index contributed by atoms with van der Waals surface area (Å²) in [6, 6.07) is 5.62. The summed E-state index contributed by atoms with van der Waals surface area (Å²) < 4.78 is 10.6. The smallest absolute Gasteiger partial charge is 0.231 e. The molecule has 0 fully saturated rings. The van der Waals surface area contributed by atoms with Gasteiger partial charge in [-0.25, -0.2) is 0 Å². The van der Waals surface area contributed by atoms with Crippen LogP contribution in [0.25, 0.3) is 0 Å². The van der Waals surface area contributed by atoms with Crippen LogP contribution in [0.5, 0.6) is 11.5 Å². The lowest BCUT2D eigenvalue weighted by molar-refractivity contribution is -0.124. The van der Waals surface area contributed by atoms with Gasteiger partial charge >= 0.3 is 0 Å². The minimum absolute atomic E-state index is 0.00778. The van der Waals surface area contributed by atoms with Crippen LogP contribution in [0.4, 0.5) is 0 Å². The molecule has 1 aliphatic carbocycles. The predicted octanol–water partition coefficient (Wildman–Crippen LogP) is 1.50. The Morgan fingerprint density at radius 2 is 2.15 bits per heavy atom. The van der Waals surface area contributed by atoms with E-state index in [1.54, 1.807) is 0 Å². The molecule has 3 unspecified atom stereocenters. The van der Waals surface area contributed by atoms with Gasteiger partial charge in [-0.3, -0.25) is 4.79 Å². The summed E-state index contributed by atoms with van der Waals surface area (Å²) in [5, 5.41) is 3.01. The Labute approximate surface area is 117 Å². The van der Waals surface area contributed by atoms with Crippen LogP contribution >= 0.6 is 0 Å². The highest BCUT2D eigenvalue weighted by molar-refractivity contribution is 5.81. The van der Waals surface area contributed by atoms with E-state index < -0.39 is 0 Å². The number of carbonyl (C=O) groups excluding carboxylic acids is 1. The molecule has 1 aromatic rings. The average molecular weight is 274 g/mol. The number of carbonyl (C=O) groups is 1. The molecule has 3 N–H and O–H groups in total. The monoisotopic (exact) mass is 274 g/mol. The van der Waals surface area contributed by atoms with Crippen LogP contribution in [-0.2, 0) is 4.79 Å². The zero-order valence-corrected chi connectivity index (χ0v) is 11.3. The van der Waals surface area contributed by atoms with Gasteiger partial charge in [-0.15, -0.1) is 0 Å². The highest BCUT2D eigenvalue weighted by Gasteiger charge is 2.24. The Kier molecular flexibility index (Phi) is 3.36. The van der Waals surface area contributed by atoms with E-state index in [2.05, 4.69) is 5.32 Å². The molecule has 1 aliphatic heterocycles. The van der Waals surface area contributed by atoms with Gasteiger partial charge < -0.3 is 20.5 Å². The van der Waals surface area contributed by atoms with Gasteiger partial charge in [0.2, 0.25) is 12.7 Å². The molecule has 0 saturated carbocycles. The third-order valence-corrected chi connectivity index (χ3v) is 3.71. The van der Waals surface area contributed by atoms with Crippen molar-refractivity contribution in [2.45, 2.75) is 25.4 Å². The van der Waals surface area contributed by atoms with Gasteiger partial charge in [0.15, 0.2) is 11.5 Å². The molecule has 1 amide bonds. The summed E-state index contributed by atoms with van der Waals surface area (Å²) in [4.78, 5) is 12.1. The highest BCUT2D eigenvalue weighted by Crippen LogP contribution is 2.34. The number of fused-ring (bicyclic) bond motifs is 1. The van der Waals surface area contributed by atoms with Crippen LogP contribution in [0.15, 0.2) is 30.4 Å². The standard InChI is InChI=1S/C15H18N2O3/c1-9(17-15(18)11-2-4-12(16)6-11)10-3-5-13-14(7-10)20-8-19-13/h2-5,7,9,11-12H,6,8,16H2,1H3,(H,17,18). The second-order valence-corrected chi connectivity index (χ2v) is 5.23. The van der Waals surface area contributed by atoms with Crippen LogP contribution in [0.2, 0.25) is 0 Å². The lowest BCUT2D eigenvalue weighted by atomic mass is 10.0. The number of benzene rings is 1. The van der Waals surface area contributed by atoms with Crippen molar-refractivity contribution in [3.8, 4) is 11.5 Å². The Balaban J connectivity index is 1.65. The molecule has 0 aromatic heterocycles. The molecule has 0 saturated heterocycles. The summed E-state index contributed by atoms with van der Waals surface area (Å²) in [5.41, 5.74) is 6.76. The maximum Gasteiger partial charge on any atom is 0.231 e. The molecule has 5 nitrogen and oxygen atoms in total. The van der Waals surface area contributed by atoms with Crippen molar-refractivity contribution < 1.29 is 14.3 Å². The first-order valence-electron chi connectivity index (χ1n) is 6.77. The molecule has 2 aliphatic rings. The molecule has 3 atom stereocenters. The maximum atomic E-state index is 12.1. The van der Waals surface area contributed by atoms with E-state index in [4.69, 9.17) is 15.2 Å². The molecule has 0 radical (unpaired) electrons. The summed E-state index contributed by atoms with van der Waals surface area (Å²) >= 11 is 0. The van der Waals surface area contributed by atoms with Crippen LogP contribution in [0.1, 0.15) is 24.9 Å². The zero-order chi connectivity index (χ0) is 14.1. The molecule has 3 rings (SSSR count). The number of amides is 1. The Morgan fingerprint density at radius 1 is 1.35 bits per heavy atom. The Hall–Kier alpha value is -2.01. The van der Waals surface area contributed by atoms with Crippen molar-refractivity contribution in [1.29, 1.82) is 0 Å². The molecular weight excluding hydrogens is 256 g/mol. The minimum Gasteiger partial charge on any atom is -0.454 e. The molecule has 1 heterocycles. The molecular formula is C15H18N2O3. The molecule has 1 aromatic carbocycles. The Bertz CT molecular complexity index is 556. The molecule has 106 valence electrons. The largest absolute Gasteiger partial charge is 0.454 e. The first-order valence-corrected chi connectivity index (χ1v) is 6.77. The van der Waals surface area contributed by atoms with Gasteiger partial charge in [-0.2, -0.15) is 0 Å². The number of hydrogen-bond donors (Lipinski definition) is 2. The SMILES string of the molecule is CC(NC(=O)C1C=CC(N)C1)c1ccc2c(c1)OCO2. The van der Waals surface area contributed by atoms with E-state index in [-0.39, 0.29) is 30.7 Å². The molecule has 0 bridgehead atoms. The van der Waals surface area contributed by atoms with Gasteiger partial charge in [0.25, 0.3) is 0 Å². The van der Waals surface area contributed by atoms with Crippen molar-refractivity contribution in [3.63, 3.8) is 0 Å². The van der Waals surface area contributed by atoms with Crippen molar-refractivity contribution in [3.05, 3.63) is 35.9 Å². The quantitative estimate of drug-likeness (QED) is 0.819. The normalized spacial score (nSPS) is 24.7. The third kappa shape index (κ3) is 2.49. The Morgan fingerprint density at radius 3 is 2.90 bits per heavy atom. The van der Waals surface area contributed by atoms with Crippen LogP contribution in [0.3, 0.4) is 0 Å². The van der Waals surface area contributed by atoms with Crippen LogP contribution in [-0.4, -0.2) is 18.7 Å². The van der Waals surface area contributed by atoms with Gasteiger partial charge in [0.1, 0.15) is 0 Å². The summed E-state index contributed by atoms with van der Waals surface area (Å²) in [6.45, 7) is 2.21. The number of rotatable bonds is 3. The van der Waals surface area contributed by atoms with E-state index in [0.29, 0.717) is 6.42 Å². The van der Waals surface area contributed by atoms with Crippen molar-refractivity contribution in [2.24, 2.45) is 11.7 Å². The molecule has 5 heteroatoms. The third-order valence-electron chi connectivity index (χ3n) is 3.71. The minimum atomic E-state index is -0.124. The second-order valence-electron chi connectivity index (χ2n) is 5.23. The number of nitrogens with one attached hydrogen (secondary N) is 1. The predicted molar refractivity (Wildman–Crippen MR) is 74.3 cm³/mol. The van der Waals surface area contributed by atoms with E-state index in [1.807, 2.05) is 37.3 Å². The van der Waals surface area contributed by atoms with E-state index in [1.165, 1.54) is 0 Å². The van der Waals surface area contributed by atoms with Crippen molar-refractivity contribution >= 4 is 5.91 Å². The van der Waals surface area contributed by atoms with Crippen molar-refractivity contribution in [1.82, 2.24) is 5.32 Å². The molecule has 20 heavy (non-hydrogen) atoms. The number of nitrogens with two attached hydrogens (primary N) is 1. The van der Waals surface area contributed by atoms with Gasteiger partial charge in [-0.1, -0.05) is 18.2 Å². The fourth-order valence-electron chi connectivity index (χ4n) is 2.51. The molecule has 0 spiro atoms. The topological polar surface area (TPSA) is 73.6 Å². The number of hydrogen-bond acceptors (Lipinski definition) is 4. The fourth-order valence-corrected chi connectivity index (χ4v) is 2.51. The summed E-state index contributed by atoms with van der Waals surface area (Å²) in [5.74, 6) is 1.36. The van der Waals surface area contributed by atoms with E-state index in [9.17, 15) is 4.79 Å². The summed E-state index contributed by atoms with van der Waals surface area (Å²) in [7, 11) is 0. The van der Waals surface area contributed by atoms with Crippen LogP contribution in [0, 0.1) is 5.92 Å². The average Bonchev–Trinajstić information content (AvgIpc) is 3.05. The lowest BCUT2D eigenvalue weighted by Crippen LogP contribution is -2.32. The fraction of sp³-hybridized carbons (Fsp3) is 0.400. The summed E-state index contributed by atoms with van der Waals surface area (Å²) in [6.07, 6.45) is 4.45.